The molecule has 4 rings (SSSR count). The van der Waals surface area contributed by atoms with Crippen molar-refractivity contribution in [1.82, 2.24) is 10.2 Å². The SMILES string of the molecule is O=C(Nc1nnc(S)s1)C1=C(O)c2ccccc2N(c2ccccc2)C1. The number of thiol groups is 1. The Hall–Kier alpha value is -2.84. The van der Waals surface area contributed by atoms with E-state index >= 15 is 0 Å². The third-order valence-electron chi connectivity index (χ3n) is 4.03. The van der Waals surface area contributed by atoms with E-state index in [2.05, 4.69) is 28.1 Å². The molecule has 0 spiro atoms. The quantitative estimate of drug-likeness (QED) is 0.473. The van der Waals surface area contributed by atoms with E-state index < -0.39 is 5.91 Å². The molecule has 2 heterocycles. The summed E-state index contributed by atoms with van der Waals surface area (Å²) >= 11 is 5.25. The van der Waals surface area contributed by atoms with Gasteiger partial charge in [-0.15, -0.1) is 22.8 Å². The van der Waals surface area contributed by atoms with Crippen molar-refractivity contribution in [2.45, 2.75) is 4.34 Å². The van der Waals surface area contributed by atoms with Gasteiger partial charge in [0.25, 0.3) is 5.91 Å². The summed E-state index contributed by atoms with van der Waals surface area (Å²) in [5.74, 6) is -0.441. The van der Waals surface area contributed by atoms with Crippen LogP contribution >= 0.6 is 24.0 Å². The second-order valence-corrected chi connectivity index (χ2v) is 7.31. The molecule has 1 amide bonds. The Morgan fingerprint density at radius 3 is 2.58 bits per heavy atom. The predicted octanol–water partition coefficient (Wildman–Crippen LogP) is 3.89. The van der Waals surface area contributed by atoms with Crippen LogP contribution in [0.3, 0.4) is 0 Å². The minimum atomic E-state index is -0.414. The summed E-state index contributed by atoms with van der Waals surface area (Å²) in [7, 11) is 0. The van der Waals surface area contributed by atoms with Gasteiger partial charge >= 0.3 is 0 Å². The number of fused-ring (bicyclic) bond motifs is 1. The summed E-state index contributed by atoms with van der Waals surface area (Å²) in [5.41, 5.74) is 2.66. The third-order valence-corrected chi connectivity index (χ3v) is 5.03. The number of nitrogens with zero attached hydrogens (tertiary/aromatic N) is 3. The second-order valence-electron chi connectivity index (χ2n) is 5.61. The summed E-state index contributed by atoms with van der Waals surface area (Å²) in [6.45, 7) is 0.241. The van der Waals surface area contributed by atoms with Crippen LogP contribution in [0.15, 0.2) is 64.5 Å². The number of para-hydroxylation sites is 2. The Balaban J connectivity index is 1.74. The highest BCUT2D eigenvalue weighted by atomic mass is 32.2. The standard InChI is InChI=1S/C18H14N4O2S2/c23-15-12-8-4-5-9-14(12)22(11-6-2-1-3-7-11)10-13(15)16(24)19-17-20-21-18(25)26-17/h1-9,23H,10H2,(H,21,25)(H,19,20,24). The monoisotopic (exact) mass is 382 g/mol. The number of carbonyl (C=O) groups excluding carboxylic acids is 1. The van der Waals surface area contributed by atoms with Crippen LogP contribution in [0.2, 0.25) is 0 Å². The summed E-state index contributed by atoms with van der Waals surface area (Å²) < 4.78 is 0.457. The predicted molar refractivity (Wildman–Crippen MR) is 105 cm³/mol. The Labute approximate surface area is 159 Å². The maximum atomic E-state index is 12.7. The zero-order chi connectivity index (χ0) is 18.1. The van der Waals surface area contributed by atoms with Crippen LogP contribution in [0, 0.1) is 0 Å². The number of hydrogen-bond donors (Lipinski definition) is 3. The number of aliphatic hydroxyl groups excluding tert-OH is 1. The Morgan fingerprint density at radius 1 is 1.12 bits per heavy atom. The average molecular weight is 382 g/mol. The van der Waals surface area contributed by atoms with Gasteiger partial charge in [0.1, 0.15) is 5.76 Å². The molecule has 3 aromatic rings. The Morgan fingerprint density at radius 2 is 1.85 bits per heavy atom. The zero-order valence-corrected chi connectivity index (χ0v) is 15.2. The average Bonchev–Trinajstić information content (AvgIpc) is 3.07. The van der Waals surface area contributed by atoms with Crippen LogP contribution in [-0.4, -0.2) is 27.8 Å². The van der Waals surface area contributed by atoms with E-state index in [1.165, 1.54) is 0 Å². The minimum Gasteiger partial charge on any atom is -0.507 e. The van der Waals surface area contributed by atoms with Crippen LogP contribution in [0.4, 0.5) is 16.5 Å². The fraction of sp³-hybridized carbons (Fsp3) is 0.0556. The van der Waals surface area contributed by atoms with Crippen molar-refractivity contribution >= 4 is 52.1 Å². The highest BCUT2D eigenvalue weighted by Gasteiger charge is 2.29. The highest BCUT2D eigenvalue weighted by molar-refractivity contribution is 7.82. The molecule has 8 heteroatoms. The summed E-state index contributed by atoms with van der Waals surface area (Å²) in [6, 6.07) is 17.2. The summed E-state index contributed by atoms with van der Waals surface area (Å²) in [4.78, 5) is 14.7. The molecule has 26 heavy (non-hydrogen) atoms. The molecule has 0 saturated heterocycles. The lowest BCUT2D eigenvalue weighted by atomic mass is 9.99. The van der Waals surface area contributed by atoms with Crippen molar-refractivity contribution in [3.8, 4) is 0 Å². The lowest BCUT2D eigenvalue weighted by Gasteiger charge is -2.32. The normalized spacial score (nSPS) is 13.5. The van der Waals surface area contributed by atoms with E-state index in [0.717, 1.165) is 22.7 Å². The zero-order valence-electron chi connectivity index (χ0n) is 13.5. The van der Waals surface area contributed by atoms with Crippen LogP contribution in [-0.2, 0) is 4.79 Å². The number of benzene rings is 2. The van der Waals surface area contributed by atoms with Gasteiger partial charge in [0, 0.05) is 11.3 Å². The summed E-state index contributed by atoms with van der Waals surface area (Å²) in [5, 5.41) is 21.3. The minimum absolute atomic E-state index is 0.0270. The molecule has 1 aromatic heterocycles. The lowest BCUT2D eigenvalue weighted by Crippen LogP contribution is -2.31. The number of hydrogen-bond acceptors (Lipinski definition) is 7. The number of aliphatic hydroxyl groups is 1. The van der Waals surface area contributed by atoms with Crippen molar-refractivity contribution in [3.05, 3.63) is 65.7 Å². The van der Waals surface area contributed by atoms with Gasteiger partial charge in [-0.3, -0.25) is 10.1 Å². The molecule has 130 valence electrons. The molecule has 0 saturated carbocycles. The Kier molecular flexibility index (Phi) is 4.36. The first kappa shape index (κ1) is 16.6. The molecule has 1 aliphatic rings. The molecule has 0 fully saturated rings. The van der Waals surface area contributed by atoms with Gasteiger partial charge in [0.05, 0.1) is 17.8 Å². The van der Waals surface area contributed by atoms with E-state index in [0.29, 0.717) is 15.0 Å². The molecule has 0 atom stereocenters. The van der Waals surface area contributed by atoms with Crippen LogP contribution in [0.5, 0.6) is 0 Å². The third kappa shape index (κ3) is 3.04. The van der Waals surface area contributed by atoms with Crippen molar-refractivity contribution in [2.75, 3.05) is 16.8 Å². The molecule has 0 unspecified atom stereocenters. The van der Waals surface area contributed by atoms with Crippen molar-refractivity contribution in [1.29, 1.82) is 0 Å². The maximum Gasteiger partial charge on any atom is 0.259 e. The van der Waals surface area contributed by atoms with E-state index in [1.807, 2.05) is 53.4 Å². The molecule has 0 aliphatic carbocycles. The van der Waals surface area contributed by atoms with Gasteiger partial charge in [0.2, 0.25) is 5.13 Å². The van der Waals surface area contributed by atoms with Crippen LogP contribution < -0.4 is 10.2 Å². The van der Waals surface area contributed by atoms with E-state index in [1.54, 1.807) is 6.07 Å². The number of amides is 1. The van der Waals surface area contributed by atoms with E-state index in [-0.39, 0.29) is 17.9 Å². The van der Waals surface area contributed by atoms with Gasteiger partial charge in [-0.05, 0) is 24.3 Å². The number of rotatable bonds is 3. The molecular formula is C18H14N4O2S2. The highest BCUT2D eigenvalue weighted by Crippen LogP contribution is 2.38. The van der Waals surface area contributed by atoms with Crippen molar-refractivity contribution in [2.24, 2.45) is 0 Å². The maximum absolute atomic E-state index is 12.7. The molecule has 0 bridgehead atoms. The van der Waals surface area contributed by atoms with Gasteiger partial charge in [-0.25, -0.2) is 0 Å². The first-order valence-corrected chi connectivity index (χ1v) is 9.08. The Bertz CT molecular complexity index is 1000. The largest absolute Gasteiger partial charge is 0.507 e. The fourth-order valence-electron chi connectivity index (χ4n) is 2.85. The molecule has 6 nitrogen and oxygen atoms in total. The van der Waals surface area contributed by atoms with Gasteiger partial charge in [-0.1, -0.05) is 41.7 Å². The number of aromatic nitrogens is 2. The van der Waals surface area contributed by atoms with Gasteiger partial charge in [-0.2, -0.15) is 0 Å². The van der Waals surface area contributed by atoms with Gasteiger partial charge < -0.3 is 10.0 Å². The van der Waals surface area contributed by atoms with Crippen LogP contribution in [0.1, 0.15) is 5.56 Å². The molecule has 2 aromatic carbocycles. The number of anilines is 3. The van der Waals surface area contributed by atoms with Crippen molar-refractivity contribution in [3.63, 3.8) is 0 Å². The topological polar surface area (TPSA) is 78.3 Å². The number of carbonyl (C=O) groups is 1. The smallest absolute Gasteiger partial charge is 0.259 e. The molecule has 1 aliphatic heterocycles. The van der Waals surface area contributed by atoms with Crippen molar-refractivity contribution < 1.29 is 9.90 Å². The lowest BCUT2D eigenvalue weighted by molar-refractivity contribution is -0.112. The second kappa shape index (κ2) is 6.81. The molecule has 2 N–H and O–H groups in total. The van der Waals surface area contributed by atoms with E-state index in [4.69, 9.17) is 0 Å². The first-order chi connectivity index (χ1) is 12.6. The molecular weight excluding hydrogens is 368 g/mol. The first-order valence-electron chi connectivity index (χ1n) is 7.81. The van der Waals surface area contributed by atoms with E-state index in [9.17, 15) is 9.90 Å². The summed E-state index contributed by atoms with van der Waals surface area (Å²) in [6.07, 6.45) is 0. The van der Waals surface area contributed by atoms with Crippen LogP contribution in [0.25, 0.3) is 5.76 Å². The number of nitrogens with one attached hydrogen (secondary N) is 1. The van der Waals surface area contributed by atoms with Gasteiger partial charge in [0.15, 0.2) is 4.34 Å². The fourth-order valence-corrected chi connectivity index (χ4v) is 3.63. The molecule has 0 radical (unpaired) electrons.